The standard InChI is InChI=1S/C19H27N7O2/c1-12(2)26-18(20)17(10-22-26)23-15-7-6-13(9-16(15)24-19(21)28)25-8-4-3-5-14(25)11-27/h6-7,9-10,12,14,27H,3-5,8,11H2,1-2H3,(H4,20,21,22,24,28)/p+1. The molecule has 150 valence electrons. The number of piperidine rings is 1. The van der Waals surface area contributed by atoms with Crippen molar-refractivity contribution in [2.45, 2.75) is 45.2 Å². The molecule has 1 saturated heterocycles. The Morgan fingerprint density at radius 1 is 1.46 bits per heavy atom. The first-order valence-electron chi connectivity index (χ1n) is 9.53. The zero-order valence-electron chi connectivity index (χ0n) is 16.3. The number of nitrogens with one attached hydrogen (secondary N) is 1. The Bertz CT molecular complexity index is 877. The number of aromatic nitrogens is 2. The molecule has 2 heterocycles. The Labute approximate surface area is 164 Å². The summed E-state index contributed by atoms with van der Waals surface area (Å²) < 4.78 is 3.85. The van der Waals surface area contributed by atoms with Crippen molar-refractivity contribution in [3.8, 4) is 0 Å². The number of aliphatic hydroxyl groups is 1. The molecule has 2 aliphatic rings. The number of amides is 2. The highest BCUT2D eigenvalue weighted by atomic mass is 16.3. The van der Waals surface area contributed by atoms with Gasteiger partial charge in [-0.15, -0.1) is 0 Å². The first-order chi connectivity index (χ1) is 13.4. The summed E-state index contributed by atoms with van der Waals surface area (Å²) in [5.41, 5.74) is 14.0. The van der Waals surface area contributed by atoms with E-state index in [0.29, 0.717) is 22.9 Å². The van der Waals surface area contributed by atoms with E-state index in [9.17, 15) is 9.90 Å². The third kappa shape index (κ3) is 4.14. The Morgan fingerprint density at radius 3 is 2.89 bits per heavy atom. The zero-order valence-corrected chi connectivity index (χ0v) is 16.3. The molecule has 1 fully saturated rings. The summed E-state index contributed by atoms with van der Waals surface area (Å²) in [6.07, 6.45) is 10.3. The lowest BCUT2D eigenvalue weighted by molar-refractivity contribution is -0.577. The van der Waals surface area contributed by atoms with Crippen molar-refractivity contribution in [2.24, 2.45) is 10.7 Å². The van der Waals surface area contributed by atoms with E-state index < -0.39 is 6.03 Å². The van der Waals surface area contributed by atoms with Crippen LogP contribution in [0.5, 0.6) is 0 Å². The highest BCUT2D eigenvalue weighted by molar-refractivity contribution is 6.21. The summed E-state index contributed by atoms with van der Waals surface area (Å²) in [5, 5.41) is 16.6. The Hall–Kier alpha value is -2.94. The molecule has 9 heteroatoms. The maximum Gasteiger partial charge on any atom is 0.316 e. The average molecular weight is 386 g/mol. The van der Waals surface area contributed by atoms with Crippen LogP contribution in [0.25, 0.3) is 0 Å². The normalized spacial score (nSPS) is 23.9. The van der Waals surface area contributed by atoms with Crippen LogP contribution in [-0.2, 0) is 0 Å². The lowest BCUT2D eigenvalue weighted by Crippen LogP contribution is -2.39. The van der Waals surface area contributed by atoms with Gasteiger partial charge in [-0.3, -0.25) is 0 Å². The maximum absolute atomic E-state index is 11.5. The summed E-state index contributed by atoms with van der Waals surface area (Å²) in [6.45, 7) is 4.91. The van der Waals surface area contributed by atoms with E-state index >= 15 is 0 Å². The van der Waals surface area contributed by atoms with Crippen molar-refractivity contribution in [3.05, 3.63) is 30.1 Å². The van der Waals surface area contributed by atoms with Crippen LogP contribution >= 0.6 is 0 Å². The molecule has 6 N–H and O–H groups in total. The SMILES string of the molecule is CC(C)n1ncc(/N=C2C=C/C(=[N+]3/CCCCC3CO)C=C/2NC(N)=O)c1N. The number of anilines is 1. The van der Waals surface area contributed by atoms with E-state index in [1.54, 1.807) is 10.9 Å². The van der Waals surface area contributed by atoms with Crippen molar-refractivity contribution in [1.29, 1.82) is 0 Å². The molecule has 0 bridgehead atoms. The number of allylic oxidation sites excluding steroid dienone is 3. The molecule has 0 aromatic carbocycles. The minimum absolute atomic E-state index is 0.0675. The van der Waals surface area contributed by atoms with Crippen LogP contribution in [0, 0.1) is 0 Å². The molecule has 1 aromatic heterocycles. The lowest BCUT2D eigenvalue weighted by Gasteiger charge is -2.21. The topological polar surface area (TPSA) is 135 Å². The quantitative estimate of drug-likeness (QED) is 0.457. The van der Waals surface area contributed by atoms with Gasteiger partial charge >= 0.3 is 6.03 Å². The predicted octanol–water partition coefficient (Wildman–Crippen LogP) is 1.24. The van der Waals surface area contributed by atoms with E-state index in [0.717, 1.165) is 31.5 Å². The zero-order chi connectivity index (χ0) is 20.3. The van der Waals surface area contributed by atoms with E-state index in [1.165, 1.54) is 0 Å². The maximum atomic E-state index is 11.5. The molecular formula is C19H28N7O2+. The number of hydrogen-bond donors (Lipinski definition) is 4. The van der Waals surface area contributed by atoms with E-state index in [1.807, 2.05) is 32.1 Å². The van der Waals surface area contributed by atoms with Gasteiger partial charge in [0.15, 0.2) is 6.04 Å². The van der Waals surface area contributed by atoms with Crippen LogP contribution in [-0.4, -0.2) is 56.1 Å². The molecule has 9 nitrogen and oxygen atoms in total. The number of urea groups is 1. The summed E-state index contributed by atoms with van der Waals surface area (Å²) in [4.78, 5) is 16.1. The number of primary amides is 1. The van der Waals surface area contributed by atoms with E-state index in [2.05, 4.69) is 20.0 Å². The summed E-state index contributed by atoms with van der Waals surface area (Å²) in [6, 6.07) is -0.487. The second kappa shape index (κ2) is 8.39. The van der Waals surface area contributed by atoms with Gasteiger partial charge < -0.3 is 21.9 Å². The predicted molar refractivity (Wildman–Crippen MR) is 109 cm³/mol. The van der Waals surface area contributed by atoms with Gasteiger partial charge in [0, 0.05) is 31.0 Å². The van der Waals surface area contributed by atoms with Crippen LogP contribution in [0.4, 0.5) is 16.3 Å². The first kappa shape index (κ1) is 19.8. The molecule has 28 heavy (non-hydrogen) atoms. The molecular weight excluding hydrogens is 358 g/mol. The monoisotopic (exact) mass is 386 g/mol. The fourth-order valence-corrected chi connectivity index (χ4v) is 3.55. The minimum Gasteiger partial charge on any atom is -0.389 e. The van der Waals surface area contributed by atoms with Crippen molar-refractivity contribution in [1.82, 2.24) is 15.1 Å². The van der Waals surface area contributed by atoms with Crippen LogP contribution in [0.15, 0.2) is 35.1 Å². The van der Waals surface area contributed by atoms with Crippen LogP contribution in [0.3, 0.4) is 0 Å². The van der Waals surface area contributed by atoms with Crippen molar-refractivity contribution in [3.63, 3.8) is 0 Å². The minimum atomic E-state index is -0.670. The number of nitrogens with two attached hydrogens (primary N) is 2. The number of carbonyl (C=O) groups excluding carboxylic acids is 1. The largest absolute Gasteiger partial charge is 0.389 e. The van der Waals surface area contributed by atoms with Gasteiger partial charge in [0.1, 0.15) is 24.7 Å². The Kier molecular flexibility index (Phi) is 5.93. The van der Waals surface area contributed by atoms with Crippen molar-refractivity contribution >= 4 is 29.0 Å². The average Bonchev–Trinajstić information content (AvgIpc) is 3.03. The van der Waals surface area contributed by atoms with Crippen molar-refractivity contribution in [2.75, 3.05) is 18.9 Å². The molecule has 1 atom stereocenters. The first-order valence-corrected chi connectivity index (χ1v) is 9.53. The van der Waals surface area contributed by atoms with Crippen molar-refractivity contribution < 1.29 is 14.5 Å². The number of aliphatic imine (C=N–C) groups is 1. The fraction of sp³-hybridized carbons (Fsp3) is 0.474. The number of nitrogens with zero attached hydrogens (tertiary/aromatic N) is 4. The smallest absolute Gasteiger partial charge is 0.316 e. The number of nitrogen functional groups attached to an aromatic ring is 1. The molecule has 3 rings (SSSR count). The Morgan fingerprint density at radius 2 is 2.25 bits per heavy atom. The second-order valence-electron chi connectivity index (χ2n) is 7.28. The number of carbonyl (C=O) groups is 1. The molecule has 1 unspecified atom stereocenters. The van der Waals surface area contributed by atoms with Gasteiger partial charge in [0.2, 0.25) is 5.71 Å². The third-order valence-corrected chi connectivity index (χ3v) is 4.95. The van der Waals surface area contributed by atoms with Gasteiger partial charge in [-0.1, -0.05) is 0 Å². The second-order valence-corrected chi connectivity index (χ2v) is 7.28. The van der Waals surface area contributed by atoms with Crippen LogP contribution < -0.4 is 16.8 Å². The summed E-state index contributed by atoms with van der Waals surface area (Å²) >= 11 is 0. The van der Waals surface area contributed by atoms with E-state index in [-0.39, 0.29) is 18.7 Å². The number of hydrogen-bond acceptors (Lipinski definition) is 5. The highest BCUT2D eigenvalue weighted by Crippen LogP contribution is 2.25. The molecule has 0 spiro atoms. The third-order valence-electron chi connectivity index (χ3n) is 4.95. The molecule has 2 amide bonds. The molecule has 1 aliphatic heterocycles. The lowest BCUT2D eigenvalue weighted by atomic mass is 10.0. The van der Waals surface area contributed by atoms with Crippen LogP contribution in [0.1, 0.15) is 39.2 Å². The number of aliphatic hydroxyl groups excluding tert-OH is 1. The molecule has 0 radical (unpaired) electrons. The fourth-order valence-electron chi connectivity index (χ4n) is 3.55. The van der Waals surface area contributed by atoms with Gasteiger partial charge in [-0.25, -0.2) is 19.0 Å². The summed E-state index contributed by atoms with van der Waals surface area (Å²) in [7, 11) is 0. The van der Waals surface area contributed by atoms with Gasteiger partial charge in [0.25, 0.3) is 0 Å². The summed E-state index contributed by atoms with van der Waals surface area (Å²) in [5.74, 6) is 0.459. The highest BCUT2D eigenvalue weighted by Gasteiger charge is 2.28. The van der Waals surface area contributed by atoms with Gasteiger partial charge in [-0.2, -0.15) is 5.10 Å². The van der Waals surface area contributed by atoms with Crippen LogP contribution in [0.2, 0.25) is 0 Å². The molecule has 1 aliphatic carbocycles. The van der Waals surface area contributed by atoms with Gasteiger partial charge in [0.05, 0.1) is 17.6 Å². The Balaban J connectivity index is 2.00. The van der Waals surface area contributed by atoms with E-state index in [4.69, 9.17) is 11.5 Å². The molecule has 0 saturated carbocycles. The number of rotatable bonds is 4. The van der Waals surface area contributed by atoms with Gasteiger partial charge in [-0.05, 0) is 26.3 Å². The molecule has 1 aromatic rings.